The predicted molar refractivity (Wildman–Crippen MR) is 67.8 cm³/mol. The number of rotatable bonds is 2. The van der Waals surface area contributed by atoms with Crippen LogP contribution >= 0.6 is 0 Å². The predicted octanol–water partition coefficient (Wildman–Crippen LogP) is 0.177. The van der Waals surface area contributed by atoms with Gasteiger partial charge in [0.05, 0.1) is 12.1 Å². The first-order chi connectivity index (χ1) is 9.07. The van der Waals surface area contributed by atoms with Gasteiger partial charge in [0.2, 0.25) is 5.91 Å². The van der Waals surface area contributed by atoms with Crippen molar-refractivity contribution in [3.63, 3.8) is 0 Å². The van der Waals surface area contributed by atoms with E-state index >= 15 is 0 Å². The van der Waals surface area contributed by atoms with Gasteiger partial charge in [0.25, 0.3) is 0 Å². The van der Waals surface area contributed by atoms with Gasteiger partial charge >= 0.3 is 5.76 Å². The van der Waals surface area contributed by atoms with Crippen LogP contribution < -0.4 is 16.8 Å². The summed E-state index contributed by atoms with van der Waals surface area (Å²) in [5, 5.41) is 2.72. The third-order valence-electron chi connectivity index (χ3n) is 3.18. The maximum absolute atomic E-state index is 12.1. The molecule has 1 unspecified atom stereocenters. The number of benzene rings is 1. The van der Waals surface area contributed by atoms with E-state index in [1.165, 1.54) is 0 Å². The number of oxazole rings is 1. The first-order valence-electron chi connectivity index (χ1n) is 5.88. The van der Waals surface area contributed by atoms with Gasteiger partial charge in [0.1, 0.15) is 5.54 Å². The molecule has 0 bridgehead atoms. The monoisotopic (exact) mass is 263 g/mol. The molecule has 2 aromatic rings. The van der Waals surface area contributed by atoms with Gasteiger partial charge in [0.15, 0.2) is 5.58 Å². The van der Waals surface area contributed by atoms with Crippen molar-refractivity contribution in [2.24, 2.45) is 5.73 Å². The summed E-state index contributed by atoms with van der Waals surface area (Å²) in [4.78, 5) is 25.6. The number of carbonyl (C=O) groups is 1. The summed E-state index contributed by atoms with van der Waals surface area (Å²) in [6.07, 6.45) is 0.490. The lowest BCUT2D eigenvalue weighted by Gasteiger charge is -2.20. The van der Waals surface area contributed by atoms with E-state index in [-0.39, 0.29) is 12.5 Å². The average molecular weight is 263 g/mol. The number of aromatic amines is 1. The Morgan fingerprint density at radius 3 is 3.05 bits per heavy atom. The van der Waals surface area contributed by atoms with Gasteiger partial charge < -0.3 is 20.2 Å². The van der Waals surface area contributed by atoms with E-state index < -0.39 is 11.3 Å². The zero-order valence-electron chi connectivity index (χ0n) is 10.1. The number of nitrogens with one attached hydrogen (secondary N) is 2. The molecule has 1 fully saturated rings. The van der Waals surface area contributed by atoms with Crippen LogP contribution in [-0.2, 0) is 9.53 Å². The molecule has 7 heteroatoms. The minimum absolute atomic E-state index is 0.212. The number of H-pyrrole nitrogens is 1. The second-order valence-electron chi connectivity index (χ2n) is 4.64. The molecule has 0 saturated carbocycles. The molecule has 3 rings (SSSR count). The molecule has 19 heavy (non-hydrogen) atoms. The summed E-state index contributed by atoms with van der Waals surface area (Å²) in [6, 6.07) is 4.88. The van der Waals surface area contributed by atoms with E-state index in [1.807, 2.05) is 0 Å². The molecular weight excluding hydrogens is 250 g/mol. The Labute approximate surface area is 107 Å². The zero-order chi connectivity index (χ0) is 13.5. The van der Waals surface area contributed by atoms with Gasteiger partial charge in [-0.25, -0.2) is 4.79 Å². The standard InChI is InChI=1S/C12H13N3O4/c13-12(3-4-18-6-12)10(16)14-7-1-2-9-8(5-7)15-11(17)19-9/h1-2,5H,3-4,6,13H2,(H,14,16)(H,15,17). The van der Waals surface area contributed by atoms with Gasteiger partial charge in [0, 0.05) is 12.3 Å². The van der Waals surface area contributed by atoms with E-state index in [0.29, 0.717) is 29.8 Å². The Bertz CT molecular complexity index is 682. The van der Waals surface area contributed by atoms with Crippen molar-refractivity contribution in [3.8, 4) is 0 Å². The molecule has 1 amide bonds. The number of aromatic nitrogens is 1. The fourth-order valence-corrected chi connectivity index (χ4v) is 2.05. The highest BCUT2D eigenvalue weighted by atomic mass is 16.5. The largest absolute Gasteiger partial charge is 0.417 e. The van der Waals surface area contributed by atoms with Crippen LogP contribution in [0.1, 0.15) is 6.42 Å². The number of carbonyl (C=O) groups excluding carboxylic acids is 1. The minimum atomic E-state index is -0.987. The molecule has 0 radical (unpaired) electrons. The highest BCUT2D eigenvalue weighted by molar-refractivity contribution is 5.99. The van der Waals surface area contributed by atoms with Crippen molar-refractivity contribution in [3.05, 3.63) is 28.7 Å². The summed E-state index contributed by atoms with van der Waals surface area (Å²) in [5.41, 5.74) is 6.48. The molecule has 100 valence electrons. The summed E-state index contributed by atoms with van der Waals surface area (Å²) in [6.45, 7) is 0.696. The van der Waals surface area contributed by atoms with Crippen LogP contribution in [0.4, 0.5) is 5.69 Å². The summed E-state index contributed by atoms with van der Waals surface area (Å²) < 4.78 is 10.0. The Morgan fingerprint density at radius 1 is 1.47 bits per heavy atom. The third-order valence-corrected chi connectivity index (χ3v) is 3.18. The molecule has 1 aliphatic rings. The molecule has 2 heterocycles. The van der Waals surface area contributed by atoms with E-state index in [0.717, 1.165) is 0 Å². The van der Waals surface area contributed by atoms with Gasteiger partial charge in [-0.1, -0.05) is 0 Å². The number of nitrogens with two attached hydrogens (primary N) is 1. The fraction of sp³-hybridized carbons (Fsp3) is 0.333. The van der Waals surface area contributed by atoms with Crippen LogP contribution in [0.15, 0.2) is 27.4 Å². The maximum Gasteiger partial charge on any atom is 0.417 e. The molecule has 7 nitrogen and oxygen atoms in total. The lowest BCUT2D eigenvalue weighted by Crippen LogP contribution is -2.51. The second-order valence-corrected chi connectivity index (χ2v) is 4.64. The first kappa shape index (κ1) is 11.9. The van der Waals surface area contributed by atoms with Crippen LogP contribution in [0.5, 0.6) is 0 Å². The van der Waals surface area contributed by atoms with Crippen molar-refractivity contribution in [2.45, 2.75) is 12.0 Å². The molecule has 0 spiro atoms. The molecule has 1 aliphatic heterocycles. The molecule has 0 aliphatic carbocycles. The van der Waals surface area contributed by atoms with Crippen molar-refractivity contribution >= 4 is 22.7 Å². The maximum atomic E-state index is 12.1. The summed E-state index contributed by atoms with van der Waals surface area (Å²) >= 11 is 0. The SMILES string of the molecule is NC1(C(=O)Nc2ccc3oc(=O)[nH]c3c2)CCOC1. The number of fused-ring (bicyclic) bond motifs is 1. The van der Waals surface area contributed by atoms with E-state index in [9.17, 15) is 9.59 Å². The smallest absolute Gasteiger partial charge is 0.408 e. The second kappa shape index (κ2) is 4.22. The number of hydrogen-bond acceptors (Lipinski definition) is 5. The quantitative estimate of drug-likeness (QED) is 0.715. The third kappa shape index (κ3) is 2.13. The van der Waals surface area contributed by atoms with Crippen molar-refractivity contribution in [1.29, 1.82) is 0 Å². The van der Waals surface area contributed by atoms with Crippen LogP contribution in [-0.4, -0.2) is 29.6 Å². The van der Waals surface area contributed by atoms with E-state index in [4.69, 9.17) is 14.9 Å². The average Bonchev–Trinajstić information content (AvgIpc) is 2.95. The highest BCUT2D eigenvalue weighted by Crippen LogP contribution is 2.20. The molecule has 4 N–H and O–H groups in total. The molecule has 1 aromatic carbocycles. The Kier molecular flexibility index (Phi) is 2.65. The minimum Gasteiger partial charge on any atom is -0.408 e. The summed E-state index contributed by atoms with van der Waals surface area (Å²) in [7, 11) is 0. The van der Waals surface area contributed by atoms with E-state index in [1.54, 1.807) is 18.2 Å². The Hall–Kier alpha value is -2.12. The molecule has 1 aromatic heterocycles. The van der Waals surface area contributed by atoms with E-state index in [2.05, 4.69) is 10.3 Å². The number of amides is 1. The number of hydrogen-bond donors (Lipinski definition) is 3. The van der Waals surface area contributed by atoms with Gasteiger partial charge in [-0.2, -0.15) is 0 Å². The first-order valence-corrected chi connectivity index (χ1v) is 5.88. The highest BCUT2D eigenvalue weighted by Gasteiger charge is 2.38. The molecule has 1 saturated heterocycles. The van der Waals surface area contributed by atoms with Crippen LogP contribution in [0.2, 0.25) is 0 Å². The van der Waals surface area contributed by atoms with Crippen LogP contribution in [0, 0.1) is 0 Å². The lowest BCUT2D eigenvalue weighted by atomic mass is 9.99. The summed E-state index contributed by atoms with van der Waals surface area (Å²) in [5.74, 6) is -0.826. The zero-order valence-corrected chi connectivity index (χ0v) is 10.1. The van der Waals surface area contributed by atoms with Gasteiger partial charge in [-0.15, -0.1) is 0 Å². The lowest BCUT2D eigenvalue weighted by molar-refractivity contribution is -0.121. The number of ether oxygens (including phenoxy) is 1. The molecular formula is C12H13N3O4. The topological polar surface area (TPSA) is 110 Å². The fourth-order valence-electron chi connectivity index (χ4n) is 2.05. The van der Waals surface area contributed by atoms with Gasteiger partial charge in [-0.05, 0) is 24.6 Å². The molecule has 1 atom stereocenters. The van der Waals surface area contributed by atoms with Crippen molar-refractivity contribution in [1.82, 2.24) is 4.98 Å². The Morgan fingerprint density at radius 2 is 2.32 bits per heavy atom. The number of anilines is 1. The van der Waals surface area contributed by atoms with Gasteiger partial charge in [-0.3, -0.25) is 9.78 Å². The van der Waals surface area contributed by atoms with Crippen molar-refractivity contribution in [2.75, 3.05) is 18.5 Å². The normalized spacial score (nSPS) is 22.8. The van der Waals surface area contributed by atoms with Crippen molar-refractivity contribution < 1.29 is 13.9 Å². The van der Waals surface area contributed by atoms with Crippen LogP contribution in [0.3, 0.4) is 0 Å². The van der Waals surface area contributed by atoms with Crippen LogP contribution in [0.25, 0.3) is 11.1 Å². The Balaban J connectivity index is 1.84.